The second kappa shape index (κ2) is 6.83. The van der Waals surface area contributed by atoms with Gasteiger partial charge >= 0.3 is 0 Å². The lowest BCUT2D eigenvalue weighted by Crippen LogP contribution is -1.96. The Morgan fingerprint density at radius 1 is 1.07 bits per heavy atom. The van der Waals surface area contributed by atoms with Crippen molar-refractivity contribution >= 4 is 23.3 Å². The van der Waals surface area contributed by atoms with Crippen molar-refractivity contribution in [3.63, 3.8) is 0 Å². The van der Waals surface area contributed by atoms with Crippen LogP contribution in [-0.2, 0) is 13.0 Å². The Labute approximate surface area is 167 Å². The van der Waals surface area contributed by atoms with Gasteiger partial charge < -0.3 is 14.8 Å². The van der Waals surface area contributed by atoms with Gasteiger partial charge in [0.15, 0.2) is 0 Å². The number of fused-ring (bicyclic) bond motifs is 1. The number of H-pyrrole nitrogens is 2. The summed E-state index contributed by atoms with van der Waals surface area (Å²) in [6, 6.07) is 9.22. The Morgan fingerprint density at radius 2 is 1.86 bits per heavy atom. The summed E-state index contributed by atoms with van der Waals surface area (Å²) in [5.41, 5.74) is 5.77. The van der Waals surface area contributed by atoms with Crippen LogP contribution in [0.1, 0.15) is 25.2 Å². The normalized spacial score (nSPS) is 11.4. The number of rotatable bonds is 4. The Morgan fingerprint density at radius 3 is 2.57 bits per heavy atom. The van der Waals surface area contributed by atoms with E-state index in [0.717, 1.165) is 40.1 Å². The lowest BCUT2D eigenvalue weighted by molar-refractivity contribution is 0.447. The van der Waals surface area contributed by atoms with Gasteiger partial charge in [-0.2, -0.15) is 0 Å². The highest BCUT2D eigenvalue weighted by Gasteiger charge is 2.18. The number of hydrogen-bond donors (Lipinski definition) is 4. The summed E-state index contributed by atoms with van der Waals surface area (Å²) in [6.45, 7) is 6.88. The van der Waals surface area contributed by atoms with Crippen LogP contribution >= 0.6 is 12.2 Å². The van der Waals surface area contributed by atoms with Crippen LogP contribution in [0.2, 0.25) is 0 Å². The van der Waals surface area contributed by atoms with E-state index in [2.05, 4.69) is 32.7 Å². The van der Waals surface area contributed by atoms with Crippen molar-refractivity contribution in [2.24, 2.45) is 0 Å². The molecule has 4 rings (SSSR count). The van der Waals surface area contributed by atoms with E-state index in [-0.39, 0.29) is 11.5 Å². The van der Waals surface area contributed by atoms with Crippen LogP contribution in [0.25, 0.3) is 33.4 Å². The van der Waals surface area contributed by atoms with E-state index in [9.17, 15) is 10.2 Å². The molecule has 28 heavy (non-hydrogen) atoms. The highest BCUT2D eigenvalue weighted by molar-refractivity contribution is 7.71. The summed E-state index contributed by atoms with van der Waals surface area (Å²) in [6.07, 6.45) is 0.653. The smallest absolute Gasteiger partial charge is 0.128 e. The Bertz CT molecular complexity index is 1250. The number of hydrogen-bond acceptors (Lipinski definition) is 4. The number of benzene rings is 2. The van der Waals surface area contributed by atoms with E-state index >= 15 is 0 Å². The van der Waals surface area contributed by atoms with Gasteiger partial charge in [0.05, 0.1) is 16.7 Å². The minimum absolute atomic E-state index is 0.00303. The monoisotopic (exact) mass is 394 g/mol. The molecule has 0 fully saturated rings. The number of imidazole rings is 1. The summed E-state index contributed by atoms with van der Waals surface area (Å²) in [5, 5.41) is 26.6. The van der Waals surface area contributed by atoms with Gasteiger partial charge in [-0.1, -0.05) is 25.2 Å². The van der Waals surface area contributed by atoms with Crippen LogP contribution < -0.4 is 0 Å². The maximum absolute atomic E-state index is 10.5. The lowest BCUT2D eigenvalue weighted by atomic mass is 9.98. The molecule has 0 unspecified atom stereocenters. The van der Waals surface area contributed by atoms with Crippen molar-refractivity contribution in [2.45, 2.75) is 33.7 Å². The third-order valence-electron chi connectivity index (χ3n) is 5.17. The first-order valence-corrected chi connectivity index (χ1v) is 9.68. The number of aromatic nitrogens is 4. The molecule has 2 aromatic carbocycles. The first-order valence-electron chi connectivity index (χ1n) is 9.27. The molecule has 0 spiro atoms. The second-order valence-electron chi connectivity index (χ2n) is 6.79. The van der Waals surface area contributed by atoms with Crippen molar-refractivity contribution in [1.29, 1.82) is 0 Å². The molecule has 4 N–H and O–H groups in total. The molecule has 7 heteroatoms. The van der Waals surface area contributed by atoms with Crippen LogP contribution in [0.5, 0.6) is 11.5 Å². The molecule has 6 nitrogen and oxygen atoms in total. The molecule has 0 amide bonds. The number of aryl methyl sites for hydroxylation is 3. The zero-order chi connectivity index (χ0) is 20.0. The first-order chi connectivity index (χ1) is 13.4. The van der Waals surface area contributed by atoms with Crippen molar-refractivity contribution in [3.05, 3.63) is 46.4 Å². The minimum Gasteiger partial charge on any atom is -0.508 e. The molecule has 2 heterocycles. The topological polar surface area (TPSA) is 89.9 Å². The lowest BCUT2D eigenvalue weighted by Gasteiger charge is -2.10. The molecular weight excluding hydrogens is 372 g/mol. The minimum atomic E-state index is -0.00303. The Kier molecular flexibility index (Phi) is 4.47. The molecule has 0 aliphatic carbocycles. The molecule has 0 saturated heterocycles. The fourth-order valence-corrected chi connectivity index (χ4v) is 4.01. The molecule has 4 aromatic rings. The van der Waals surface area contributed by atoms with E-state index in [1.165, 1.54) is 6.07 Å². The number of phenolic OH excluding ortho intramolecular Hbond substituents is 2. The summed E-state index contributed by atoms with van der Waals surface area (Å²) in [4.78, 5) is 4.61. The summed E-state index contributed by atoms with van der Waals surface area (Å²) in [5.74, 6) is 1.05. The van der Waals surface area contributed by atoms with Crippen LogP contribution in [0.15, 0.2) is 30.3 Å². The molecular formula is C21H22N4O2S. The predicted molar refractivity (Wildman–Crippen MR) is 113 cm³/mol. The molecule has 144 valence electrons. The van der Waals surface area contributed by atoms with Gasteiger partial charge in [-0.05, 0) is 49.6 Å². The van der Waals surface area contributed by atoms with Crippen LogP contribution in [0.4, 0.5) is 0 Å². The van der Waals surface area contributed by atoms with Gasteiger partial charge in [0, 0.05) is 23.7 Å². The van der Waals surface area contributed by atoms with Crippen LogP contribution in [-0.4, -0.2) is 30.0 Å². The van der Waals surface area contributed by atoms with Gasteiger partial charge in [-0.3, -0.25) is 10.2 Å². The summed E-state index contributed by atoms with van der Waals surface area (Å²) < 4.78 is 2.71. The SMILES string of the molecule is CCc1cc(-c2[nH][nH]c(=S)c2-c2ccc3nc(C)n(CC)c3c2)c(O)cc1O. The molecule has 2 aromatic heterocycles. The maximum atomic E-state index is 10.5. The standard InChI is InChI=1S/C21H22N4O2S/c1-4-12-8-14(18(27)10-17(12)26)20-19(21(28)24-23-20)13-6-7-15-16(9-13)25(5-2)11(3)22-15/h6-10,26-27H,4-5H2,1-3H3,(H2,23,24,28). The van der Waals surface area contributed by atoms with Crippen LogP contribution in [0, 0.1) is 11.6 Å². The van der Waals surface area contributed by atoms with Crippen molar-refractivity contribution in [1.82, 2.24) is 19.7 Å². The average Bonchev–Trinajstić information content (AvgIpc) is 3.20. The van der Waals surface area contributed by atoms with E-state index in [1.54, 1.807) is 6.07 Å². The van der Waals surface area contributed by atoms with Crippen molar-refractivity contribution in [3.8, 4) is 33.9 Å². The third-order valence-corrected chi connectivity index (χ3v) is 5.48. The average molecular weight is 395 g/mol. The number of aromatic amines is 2. The molecule has 0 bridgehead atoms. The number of nitrogens with zero attached hydrogens (tertiary/aromatic N) is 2. The highest BCUT2D eigenvalue weighted by atomic mass is 32.1. The van der Waals surface area contributed by atoms with Gasteiger partial charge in [-0.15, -0.1) is 0 Å². The number of nitrogens with one attached hydrogen (secondary N) is 2. The highest BCUT2D eigenvalue weighted by Crippen LogP contribution is 2.40. The third kappa shape index (κ3) is 2.79. The Hall–Kier alpha value is -3.06. The number of phenols is 2. The van der Waals surface area contributed by atoms with E-state index in [4.69, 9.17) is 12.2 Å². The maximum Gasteiger partial charge on any atom is 0.128 e. The van der Waals surface area contributed by atoms with Crippen LogP contribution in [0.3, 0.4) is 0 Å². The zero-order valence-corrected chi connectivity index (χ0v) is 16.8. The molecule has 0 atom stereocenters. The second-order valence-corrected chi connectivity index (χ2v) is 7.20. The van der Waals surface area contributed by atoms with Gasteiger partial charge in [0.25, 0.3) is 0 Å². The fourth-order valence-electron chi connectivity index (χ4n) is 3.74. The van der Waals surface area contributed by atoms with E-state index in [0.29, 0.717) is 22.3 Å². The zero-order valence-electron chi connectivity index (χ0n) is 16.0. The number of aromatic hydroxyl groups is 2. The molecule has 0 aliphatic rings. The van der Waals surface area contributed by atoms with Gasteiger partial charge in [0.2, 0.25) is 0 Å². The molecule has 0 aliphatic heterocycles. The largest absolute Gasteiger partial charge is 0.508 e. The first kappa shape index (κ1) is 18.3. The summed E-state index contributed by atoms with van der Waals surface area (Å²) in [7, 11) is 0. The molecule has 0 radical (unpaired) electrons. The van der Waals surface area contributed by atoms with Gasteiger partial charge in [0.1, 0.15) is 22.0 Å². The predicted octanol–water partition coefficient (Wildman–Crippen LogP) is 5.06. The van der Waals surface area contributed by atoms with Crippen molar-refractivity contribution < 1.29 is 10.2 Å². The molecule has 0 saturated carbocycles. The van der Waals surface area contributed by atoms with E-state index < -0.39 is 0 Å². The van der Waals surface area contributed by atoms with Gasteiger partial charge in [-0.25, -0.2) is 4.98 Å². The summed E-state index contributed by atoms with van der Waals surface area (Å²) >= 11 is 5.53. The van der Waals surface area contributed by atoms with E-state index in [1.807, 2.05) is 26.0 Å². The van der Waals surface area contributed by atoms with Crippen molar-refractivity contribution in [2.75, 3.05) is 0 Å². The Balaban J connectivity index is 1.96. The quantitative estimate of drug-likeness (QED) is 0.364. The fraction of sp³-hybridized carbons (Fsp3) is 0.238.